The first-order valence-electron chi connectivity index (χ1n) is 4.86. The van der Waals surface area contributed by atoms with Gasteiger partial charge in [0.2, 0.25) is 5.54 Å². The Morgan fingerprint density at radius 3 is 2.25 bits per heavy atom. The molecule has 0 spiro atoms. The lowest BCUT2D eigenvalue weighted by Crippen LogP contribution is -2.38. The molecule has 0 heterocycles. The molecule has 0 aromatic heterocycles. The Morgan fingerprint density at radius 1 is 1.38 bits per heavy atom. The average molecular weight is 241 g/mol. The normalized spacial score (nSPS) is 13.5. The van der Waals surface area contributed by atoms with Gasteiger partial charge in [0.05, 0.1) is 0 Å². The smallest absolute Gasteiger partial charge is 0.246 e. The maximum atomic E-state index is 10.8. The van der Waals surface area contributed by atoms with Gasteiger partial charge in [0.15, 0.2) is 0 Å². The van der Waals surface area contributed by atoms with Gasteiger partial charge in [0.25, 0.3) is 0 Å². The van der Waals surface area contributed by atoms with E-state index in [9.17, 15) is 15.2 Å². The van der Waals surface area contributed by atoms with Crippen molar-refractivity contribution in [1.29, 1.82) is 0 Å². The third-order valence-electron chi connectivity index (χ3n) is 2.57. The third kappa shape index (κ3) is 2.54. The lowest BCUT2D eigenvalue weighted by Gasteiger charge is -2.22. The second-order valence-corrected chi connectivity index (χ2v) is 4.97. The summed E-state index contributed by atoms with van der Waals surface area (Å²) in [6.45, 7) is 2.83. The summed E-state index contributed by atoms with van der Waals surface area (Å²) in [6, 6.07) is 7.14. The zero-order chi connectivity index (χ0) is 12.3. The SMILES string of the molecule is CSc1ccc(C(O)C(C)(C)[N+](=O)[O-])cc1. The maximum absolute atomic E-state index is 10.8. The van der Waals surface area contributed by atoms with Gasteiger partial charge in [-0.05, 0) is 24.0 Å². The number of nitrogens with zero attached hydrogens (tertiary/aromatic N) is 1. The Kier molecular flexibility index (Phi) is 3.93. The van der Waals surface area contributed by atoms with Crippen LogP contribution in [0.5, 0.6) is 0 Å². The minimum Gasteiger partial charge on any atom is -0.381 e. The first-order valence-corrected chi connectivity index (χ1v) is 6.08. The number of hydrogen-bond acceptors (Lipinski definition) is 4. The van der Waals surface area contributed by atoms with E-state index in [0.29, 0.717) is 5.56 Å². The van der Waals surface area contributed by atoms with Crippen molar-refractivity contribution in [1.82, 2.24) is 0 Å². The first kappa shape index (κ1) is 13.0. The summed E-state index contributed by atoms with van der Waals surface area (Å²) in [5.74, 6) is 0. The van der Waals surface area contributed by atoms with Gasteiger partial charge < -0.3 is 5.11 Å². The summed E-state index contributed by atoms with van der Waals surface area (Å²) in [5, 5.41) is 20.7. The molecule has 0 aliphatic carbocycles. The summed E-state index contributed by atoms with van der Waals surface area (Å²) in [4.78, 5) is 11.4. The number of aliphatic hydroxyl groups is 1. The van der Waals surface area contributed by atoms with E-state index in [-0.39, 0.29) is 0 Å². The standard InChI is InChI=1S/C11H15NO3S/c1-11(2,12(14)15)10(13)8-4-6-9(16-3)7-5-8/h4-7,10,13H,1-3H3. The molecule has 5 heteroatoms. The number of benzene rings is 1. The van der Waals surface area contributed by atoms with E-state index in [1.807, 2.05) is 18.4 Å². The van der Waals surface area contributed by atoms with E-state index in [1.165, 1.54) is 13.8 Å². The second-order valence-electron chi connectivity index (χ2n) is 4.09. The molecule has 0 radical (unpaired) electrons. The van der Waals surface area contributed by atoms with Gasteiger partial charge in [0, 0.05) is 23.7 Å². The fourth-order valence-corrected chi connectivity index (χ4v) is 1.70. The molecule has 1 rings (SSSR count). The van der Waals surface area contributed by atoms with Gasteiger partial charge >= 0.3 is 0 Å². The van der Waals surface area contributed by atoms with Crippen LogP contribution in [0.1, 0.15) is 25.5 Å². The minimum atomic E-state index is -1.37. The number of thioether (sulfide) groups is 1. The molecule has 4 nitrogen and oxygen atoms in total. The largest absolute Gasteiger partial charge is 0.381 e. The van der Waals surface area contributed by atoms with E-state index in [0.717, 1.165) is 4.90 Å². The van der Waals surface area contributed by atoms with Crippen LogP contribution < -0.4 is 0 Å². The fraction of sp³-hybridized carbons (Fsp3) is 0.455. The van der Waals surface area contributed by atoms with Gasteiger partial charge in [-0.3, -0.25) is 10.1 Å². The fourth-order valence-electron chi connectivity index (χ4n) is 1.29. The van der Waals surface area contributed by atoms with E-state index in [2.05, 4.69) is 0 Å². The molecule has 1 aromatic carbocycles. The van der Waals surface area contributed by atoms with Crippen molar-refractivity contribution < 1.29 is 10.0 Å². The molecule has 1 aromatic rings. The predicted octanol–water partition coefficient (Wildman–Crippen LogP) is 2.50. The van der Waals surface area contributed by atoms with Gasteiger partial charge in [-0.25, -0.2) is 0 Å². The lowest BCUT2D eigenvalue weighted by atomic mass is 9.92. The van der Waals surface area contributed by atoms with Crippen LogP contribution in [0.25, 0.3) is 0 Å². The Bertz CT molecular complexity index is 375. The Morgan fingerprint density at radius 2 is 1.88 bits per heavy atom. The maximum Gasteiger partial charge on any atom is 0.246 e. The number of rotatable bonds is 4. The van der Waals surface area contributed by atoms with Gasteiger partial charge in [0.1, 0.15) is 6.10 Å². The summed E-state index contributed by atoms with van der Waals surface area (Å²) in [6.07, 6.45) is 0.852. The Balaban J connectivity index is 2.96. The average Bonchev–Trinajstić information content (AvgIpc) is 2.28. The molecule has 0 bridgehead atoms. The summed E-state index contributed by atoms with van der Waals surface area (Å²) in [7, 11) is 0. The second kappa shape index (κ2) is 4.84. The van der Waals surface area contributed by atoms with Crippen LogP contribution in [0, 0.1) is 10.1 Å². The predicted molar refractivity (Wildman–Crippen MR) is 64.3 cm³/mol. The molecule has 0 aliphatic rings. The van der Waals surface area contributed by atoms with Crippen LogP contribution in [-0.2, 0) is 0 Å². The first-order chi connectivity index (χ1) is 7.39. The summed E-state index contributed by atoms with van der Waals surface area (Å²) in [5.41, 5.74) is -0.805. The van der Waals surface area contributed by atoms with E-state index < -0.39 is 16.6 Å². The molecular formula is C11H15NO3S. The molecule has 1 N–H and O–H groups in total. The quantitative estimate of drug-likeness (QED) is 0.500. The number of nitro groups is 1. The highest BCUT2D eigenvalue weighted by molar-refractivity contribution is 7.98. The van der Waals surface area contributed by atoms with Gasteiger partial charge in [-0.15, -0.1) is 11.8 Å². The minimum absolute atomic E-state index is 0.458. The third-order valence-corrected chi connectivity index (χ3v) is 3.31. The molecule has 1 atom stereocenters. The molecule has 0 aliphatic heterocycles. The molecule has 1 unspecified atom stereocenters. The van der Waals surface area contributed by atoms with Gasteiger partial charge in [-0.1, -0.05) is 12.1 Å². The van der Waals surface area contributed by atoms with Crippen molar-refractivity contribution in [2.75, 3.05) is 6.26 Å². The van der Waals surface area contributed by atoms with E-state index in [4.69, 9.17) is 0 Å². The molecule has 16 heavy (non-hydrogen) atoms. The monoisotopic (exact) mass is 241 g/mol. The highest BCUT2D eigenvalue weighted by Gasteiger charge is 2.40. The highest BCUT2D eigenvalue weighted by atomic mass is 32.2. The Labute approximate surface area is 98.8 Å². The van der Waals surface area contributed by atoms with Crippen molar-refractivity contribution in [2.45, 2.75) is 30.4 Å². The van der Waals surface area contributed by atoms with E-state index in [1.54, 1.807) is 23.9 Å². The van der Waals surface area contributed by atoms with Crippen molar-refractivity contribution in [3.8, 4) is 0 Å². The Hall–Kier alpha value is -1.07. The molecule has 0 fully saturated rings. The summed E-state index contributed by atoms with van der Waals surface area (Å²) >= 11 is 1.59. The molecule has 0 saturated carbocycles. The topological polar surface area (TPSA) is 63.4 Å². The van der Waals surface area contributed by atoms with Crippen LogP contribution in [0.2, 0.25) is 0 Å². The molecule has 0 amide bonds. The zero-order valence-corrected chi connectivity index (χ0v) is 10.3. The van der Waals surface area contributed by atoms with Gasteiger partial charge in [-0.2, -0.15) is 0 Å². The van der Waals surface area contributed by atoms with Crippen LogP contribution in [0.15, 0.2) is 29.2 Å². The van der Waals surface area contributed by atoms with Crippen LogP contribution in [-0.4, -0.2) is 21.8 Å². The number of hydrogen-bond donors (Lipinski definition) is 1. The van der Waals surface area contributed by atoms with Crippen LogP contribution in [0.4, 0.5) is 0 Å². The van der Waals surface area contributed by atoms with Crippen molar-refractivity contribution in [3.05, 3.63) is 39.9 Å². The molecule has 88 valence electrons. The van der Waals surface area contributed by atoms with Crippen LogP contribution >= 0.6 is 11.8 Å². The summed E-state index contributed by atoms with van der Waals surface area (Å²) < 4.78 is 0. The van der Waals surface area contributed by atoms with Crippen molar-refractivity contribution in [2.24, 2.45) is 0 Å². The van der Waals surface area contributed by atoms with E-state index >= 15 is 0 Å². The zero-order valence-electron chi connectivity index (χ0n) is 9.51. The molecular weight excluding hydrogens is 226 g/mol. The molecule has 0 saturated heterocycles. The van der Waals surface area contributed by atoms with Crippen LogP contribution in [0.3, 0.4) is 0 Å². The highest BCUT2D eigenvalue weighted by Crippen LogP contribution is 2.29. The van der Waals surface area contributed by atoms with Crippen molar-refractivity contribution in [3.63, 3.8) is 0 Å². The lowest BCUT2D eigenvalue weighted by molar-refractivity contribution is -0.575. The number of aliphatic hydroxyl groups excluding tert-OH is 1. The van der Waals surface area contributed by atoms with Crippen molar-refractivity contribution >= 4 is 11.8 Å².